The topological polar surface area (TPSA) is 21.3 Å². The number of nitrogens with one attached hydrogen (secondary N) is 1. The molecule has 114 valence electrons. The van der Waals surface area contributed by atoms with Crippen molar-refractivity contribution < 1.29 is 4.74 Å². The van der Waals surface area contributed by atoms with E-state index in [2.05, 4.69) is 38.2 Å². The van der Waals surface area contributed by atoms with Gasteiger partial charge >= 0.3 is 0 Å². The summed E-state index contributed by atoms with van der Waals surface area (Å²) in [5, 5.41) is 4.25. The first kappa shape index (κ1) is 16.5. The molecule has 0 saturated carbocycles. The van der Waals surface area contributed by atoms with E-state index in [1.165, 1.54) is 9.75 Å². The summed E-state index contributed by atoms with van der Waals surface area (Å²) >= 11 is 7.75. The summed E-state index contributed by atoms with van der Waals surface area (Å²) in [6, 6.07) is 12.1. The summed E-state index contributed by atoms with van der Waals surface area (Å²) in [6.07, 6.45) is 0. The van der Waals surface area contributed by atoms with Crippen LogP contribution in [0.2, 0.25) is 5.02 Å². The second kappa shape index (κ2) is 7.41. The van der Waals surface area contributed by atoms with Crippen LogP contribution in [0.4, 0.5) is 0 Å². The van der Waals surface area contributed by atoms with Gasteiger partial charge in [-0.05, 0) is 50.6 Å². The van der Waals surface area contributed by atoms with Crippen molar-refractivity contribution in [1.82, 2.24) is 5.32 Å². The van der Waals surface area contributed by atoms with Crippen LogP contribution in [0.1, 0.15) is 36.1 Å². The molecule has 21 heavy (non-hydrogen) atoms. The zero-order valence-electron chi connectivity index (χ0n) is 12.8. The Morgan fingerprint density at radius 1 is 1.10 bits per heavy atom. The average Bonchev–Trinajstić information content (AvgIpc) is 2.84. The molecule has 2 rings (SSSR count). The Labute approximate surface area is 136 Å². The number of hydrogen-bond acceptors (Lipinski definition) is 3. The molecule has 0 aliphatic carbocycles. The number of benzene rings is 1. The van der Waals surface area contributed by atoms with Crippen molar-refractivity contribution in [3.8, 4) is 0 Å². The maximum absolute atomic E-state index is 5.96. The monoisotopic (exact) mass is 323 g/mol. The Kier molecular flexibility index (Phi) is 5.82. The van der Waals surface area contributed by atoms with Gasteiger partial charge in [0.15, 0.2) is 0 Å². The maximum atomic E-state index is 5.96. The molecule has 1 aromatic carbocycles. The Hall–Kier alpha value is -0.870. The van der Waals surface area contributed by atoms with E-state index in [4.69, 9.17) is 16.3 Å². The highest BCUT2D eigenvalue weighted by molar-refractivity contribution is 7.11. The van der Waals surface area contributed by atoms with Crippen molar-refractivity contribution >= 4 is 22.9 Å². The quantitative estimate of drug-likeness (QED) is 0.807. The fourth-order valence-electron chi connectivity index (χ4n) is 1.84. The van der Waals surface area contributed by atoms with Crippen molar-refractivity contribution in [2.75, 3.05) is 0 Å². The minimum Gasteiger partial charge on any atom is -0.371 e. The van der Waals surface area contributed by atoms with Crippen LogP contribution in [0.3, 0.4) is 0 Å². The lowest BCUT2D eigenvalue weighted by Crippen LogP contribution is -2.34. The molecular weight excluding hydrogens is 302 g/mol. The van der Waals surface area contributed by atoms with Crippen molar-refractivity contribution in [3.63, 3.8) is 0 Å². The zero-order chi connectivity index (χ0) is 15.3. The third kappa shape index (κ3) is 6.18. The molecule has 0 spiro atoms. The van der Waals surface area contributed by atoms with Crippen LogP contribution >= 0.6 is 22.9 Å². The summed E-state index contributed by atoms with van der Waals surface area (Å²) in [5.41, 5.74) is 1.25. The second-order valence-corrected chi connectivity index (χ2v) is 7.78. The predicted molar refractivity (Wildman–Crippen MR) is 90.9 cm³/mol. The summed E-state index contributed by atoms with van der Waals surface area (Å²) in [4.78, 5) is 2.59. The van der Waals surface area contributed by atoms with E-state index < -0.39 is 0 Å². The minimum atomic E-state index is 0.146. The lowest BCUT2D eigenvalue weighted by atomic mass is 10.1. The van der Waals surface area contributed by atoms with Crippen molar-refractivity contribution in [2.24, 2.45) is 0 Å². The summed E-state index contributed by atoms with van der Waals surface area (Å²) in [7, 11) is 0. The van der Waals surface area contributed by atoms with Gasteiger partial charge in [-0.25, -0.2) is 0 Å². The van der Waals surface area contributed by atoms with Gasteiger partial charge in [0.25, 0.3) is 0 Å². The fraction of sp³-hybridized carbons (Fsp3) is 0.412. The van der Waals surface area contributed by atoms with Gasteiger partial charge in [0.2, 0.25) is 0 Å². The minimum absolute atomic E-state index is 0.146. The highest BCUT2D eigenvalue weighted by Crippen LogP contribution is 2.19. The molecule has 0 radical (unpaired) electrons. The van der Waals surface area contributed by atoms with Crippen molar-refractivity contribution in [3.05, 3.63) is 56.7 Å². The first-order valence-electron chi connectivity index (χ1n) is 7.07. The number of hydrogen-bond donors (Lipinski definition) is 1. The van der Waals surface area contributed by atoms with E-state index >= 15 is 0 Å². The van der Waals surface area contributed by atoms with E-state index in [9.17, 15) is 0 Å². The average molecular weight is 324 g/mol. The predicted octanol–water partition coefficient (Wildman–Crippen LogP) is 5.01. The van der Waals surface area contributed by atoms with E-state index in [1.807, 2.05) is 24.3 Å². The Bertz CT molecular complexity index is 574. The second-order valence-electron chi connectivity index (χ2n) is 6.09. The molecule has 1 heterocycles. The van der Waals surface area contributed by atoms with Gasteiger partial charge in [0, 0.05) is 26.9 Å². The first-order valence-corrected chi connectivity index (χ1v) is 8.27. The molecule has 0 fully saturated rings. The van der Waals surface area contributed by atoms with Crippen LogP contribution in [0.5, 0.6) is 0 Å². The van der Waals surface area contributed by atoms with Crippen molar-refractivity contribution in [1.29, 1.82) is 0 Å². The molecule has 4 heteroatoms. The molecule has 2 aromatic rings. The summed E-state index contributed by atoms with van der Waals surface area (Å²) in [5.74, 6) is 0. The molecule has 1 N–H and O–H groups in total. The largest absolute Gasteiger partial charge is 0.371 e. The van der Waals surface area contributed by atoms with Gasteiger partial charge in [0.05, 0.1) is 13.2 Å². The van der Waals surface area contributed by atoms with Crippen LogP contribution in [-0.2, 0) is 24.5 Å². The zero-order valence-corrected chi connectivity index (χ0v) is 14.4. The van der Waals surface area contributed by atoms with Gasteiger partial charge in [-0.15, -0.1) is 11.3 Å². The maximum Gasteiger partial charge on any atom is 0.0814 e. The van der Waals surface area contributed by atoms with Crippen LogP contribution < -0.4 is 5.32 Å². The molecule has 0 bridgehead atoms. The number of ether oxygens (including phenoxy) is 1. The Morgan fingerprint density at radius 3 is 2.57 bits per heavy atom. The Balaban J connectivity index is 1.78. The third-order valence-electron chi connectivity index (χ3n) is 2.91. The molecule has 2 nitrogen and oxygen atoms in total. The van der Waals surface area contributed by atoms with Crippen LogP contribution in [0, 0.1) is 0 Å². The number of halogens is 1. The fourth-order valence-corrected chi connectivity index (χ4v) is 2.95. The third-order valence-corrected chi connectivity index (χ3v) is 4.21. The lowest BCUT2D eigenvalue weighted by molar-refractivity contribution is 0.109. The molecule has 0 unspecified atom stereocenters. The van der Waals surface area contributed by atoms with Crippen LogP contribution in [-0.4, -0.2) is 5.54 Å². The van der Waals surface area contributed by atoms with E-state index in [-0.39, 0.29) is 5.54 Å². The van der Waals surface area contributed by atoms with Crippen LogP contribution in [0.25, 0.3) is 0 Å². The Morgan fingerprint density at radius 2 is 1.86 bits per heavy atom. The van der Waals surface area contributed by atoms with Gasteiger partial charge < -0.3 is 10.1 Å². The molecular formula is C17H22ClNOS. The molecule has 0 amide bonds. The molecule has 0 saturated heterocycles. The molecule has 1 aromatic heterocycles. The normalized spacial score (nSPS) is 11.8. The van der Waals surface area contributed by atoms with Gasteiger partial charge in [-0.1, -0.05) is 23.7 Å². The lowest BCUT2D eigenvalue weighted by Gasteiger charge is -2.19. The first-order chi connectivity index (χ1) is 9.92. The van der Waals surface area contributed by atoms with Gasteiger partial charge in [-0.3, -0.25) is 0 Å². The molecule has 0 aliphatic rings. The van der Waals surface area contributed by atoms with E-state index in [0.717, 1.165) is 17.1 Å². The number of rotatable bonds is 6. The van der Waals surface area contributed by atoms with E-state index in [0.29, 0.717) is 13.2 Å². The highest BCUT2D eigenvalue weighted by atomic mass is 35.5. The number of thiophene rings is 1. The standard InChI is InChI=1S/C17H22ClNOS/c1-17(2,3)19-10-15-7-8-16(21-15)12-20-11-13-5-4-6-14(18)9-13/h4-9,19H,10-12H2,1-3H3. The van der Waals surface area contributed by atoms with E-state index in [1.54, 1.807) is 11.3 Å². The summed E-state index contributed by atoms with van der Waals surface area (Å²) < 4.78 is 5.75. The SMILES string of the molecule is CC(C)(C)NCc1ccc(COCc2cccc(Cl)c2)s1. The van der Waals surface area contributed by atoms with Gasteiger partial charge in [-0.2, -0.15) is 0 Å². The molecule has 0 aliphatic heterocycles. The van der Waals surface area contributed by atoms with Crippen LogP contribution in [0.15, 0.2) is 36.4 Å². The summed E-state index contributed by atoms with van der Waals surface area (Å²) in [6.45, 7) is 8.67. The molecule has 0 atom stereocenters. The smallest absolute Gasteiger partial charge is 0.0814 e. The highest BCUT2D eigenvalue weighted by Gasteiger charge is 2.09. The van der Waals surface area contributed by atoms with Crippen molar-refractivity contribution in [2.45, 2.75) is 46.1 Å². The van der Waals surface area contributed by atoms with Gasteiger partial charge in [0.1, 0.15) is 0 Å².